The van der Waals surface area contributed by atoms with Gasteiger partial charge in [0.15, 0.2) is 0 Å². The number of carboxylic acid groups (broad SMARTS) is 1. The minimum absolute atomic E-state index is 0.297. The second-order valence-corrected chi connectivity index (χ2v) is 5.16. The normalized spacial score (nSPS) is 14.1. The molecule has 1 aliphatic rings. The van der Waals surface area contributed by atoms with E-state index in [4.69, 9.17) is 5.11 Å². The number of rotatable bonds is 3. The third-order valence-electron chi connectivity index (χ3n) is 3.51. The van der Waals surface area contributed by atoms with Gasteiger partial charge in [0.1, 0.15) is 0 Å². The van der Waals surface area contributed by atoms with E-state index in [0.29, 0.717) is 5.56 Å². The maximum absolute atomic E-state index is 10.8. The number of carboxylic acids is 1. The van der Waals surface area contributed by atoms with Crippen molar-refractivity contribution in [3.8, 4) is 0 Å². The summed E-state index contributed by atoms with van der Waals surface area (Å²) in [7, 11) is 2.11. The molecule has 0 amide bonds. The molecule has 2 aromatic carbocycles. The van der Waals surface area contributed by atoms with E-state index in [0.717, 1.165) is 24.5 Å². The van der Waals surface area contributed by atoms with Crippen molar-refractivity contribution in [2.45, 2.75) is 13.1 Å². The molecule has 0 atom stereocenters. The van der Waals surface area contributed by atoms with E-state index in [9.17, 15) is 4.79 Å². The summed E-state index contributed by atoms with van der Waals surface area (Å²) in [5.74, 6) is -0.905. The number of nitrogens with one attached hydrogen (secondary N) is 1. The summed E-state index contributed by atoms with van der Waals surface area (Å²) in [6, 6.07) is 13.1. The van der Waals surface area contributed by atoms with Crippen LogP contribution in [0.15, 0.2) is 42.5 Å². The number of nitrogens with zero attached hydrogens (tertiary/aromatic N) is 1. The van der Waals surface area contributed by atoms with Crippen molar-refractivity contribution >= 4 is 17.3 Å². The van der Waals surface area contributed by atoms with Crippen molar-refractivity contribution in [3.05, 3.63) is 59.2 Å². The Balaban J connectivity index is 1.78. The van der Waals surface area contributed by atoms with Gasteiger partial charge in [-0.1, -0.05) is 6.07 Å². The zero-order valence-corrected chi connectivity index (χ0v) is 11.3. The standard InChI is InChI=1S/C16H16N2O2/c1-18-9-12-4-7-15(8-13(12)10-18)17-14-5-2-11(3-6-14)16(19)20/h2-8,17H,9-10H2,1H3,(H,19,20). The lowest BCUT2D eigenvalue weighted by atomic mass is 10.1. The van der Waals surface area contributed by atoms with E-state index in [1.165, 1.54) is 11.1 Å². The Morgan fingerprint density at radius 2 is 1.70 bits per heavy atom. The molecule has 0 aliphatic carbocycles. The summed E-state index contributed by atoms with van der Waals surface area (Å²) in [6.45, 7) is 1.98. The van der Waals surface area contributed by atoms with E-state index in [1.807, 2.05) is 0 Å². The highest BCUT2D eigenvalue weighted by molar-refractivity contribution is 5.88. The first kappa shape index (κ1) is 12.7. The fraction of sp³-hybridized carbons (Fsp3) is 0.188. The molecule has 102 valence electrons. The van der Waals surface area contributed by atoms with Crippen LogP contribution in [0.25, 0.3) is 0 Å². The number of benzene rings is 2. The molecule has 1 heterocycles. The molecule has 2 N–H and O–H groups in total. The van der Waals surface area contributed by atoms with Crippen LogP contribution in [-0.2, 0) is 13.1 Å². The summed E-state index contributed by atoms with van der Waals surface area (Å²) in [4.78, 5) is 13.1. The average molecular weight is 268 g/mol. The van der Waals surface area contributed by atoms with Crippen LogP contribution in [0.5, 0.6) is 0 Å². The van der Waals surface area contributed by atoms with Crippen molar-refractivity contribution in [2.24, 2.45) is 0 Å². The van der Waals surface area contributed by atoms with Crippen molar-refractivity contribution < 1.29 is 9.90 Å². The van der Waals surface area contributed by atoms with Gasteiger partial charge in [-0.15, -0.1) is 0 Å². The lowest BCUT2D eigenvalue weighted by Gasteiger charge is -2.08. The van der Waals surface area contributed by atoms with Gasteiger partial charge < -0.3 is 10.4 Å². The molecule has 0 radical (unpaired) electrons. The van der Waals surface area contributed by atoms with Gasteiger partial charge in [-0.2, -0.15) is 0 Å². The van der Waals surface area contributed by atoms with Crippen LogP contribution >= 0.6 is 0 Å². The smallest absolute Gasteiger partial charge is 0.335 e. The van der Waals surface area contributed by atoms with Crippen LogP contribution in [0.3, 0.4) is 0 Å². The molecule has 0 fully saturated rings. The first-order chi connectivity index (χ1) is 9.61. The van der Waals surface area contributed by atoms with E-state index in [-0.39, 0.29) is 0 Å². The maximum Gasteiger partial charge on any atom is 0.335 e. The van der Waals surface area contributed by atoms with Gasteiger partial charge in [0, 0.05) is 24.5 Å². The molecule has 1 aliphatic heterocycles. The molecule has 2 aromatic rings. The highest BCUT2D eigenvalue weighted by Gasteiger charge is 2.15. The number of aromatic carboxylic acids is 1. The minimum Gasteiger partial charge on any atom is -0.478 e. The van der Waals surface area contributed by atoms with Crippen molar-refractivity contribution in [1.82, 2.24) is 4.90 Å². The Morgan fingerprint density at radius 3 is 2.40 bits per heavy atom. The highest BCUT2D eigenvalue weighted by atomic mass is 16.4. The number of hydrogen-bond acceptors (Lipinski definition) is 3. The van der Waals surface area contributed by atoms with Gasteiger partial charge in [-0.3, -0.25) is 4.90 Å². The number of fused-ring (bicyclic) bond motifs is 1. The molecule has 0 aromatic heterocycles. The lowest BCUT2D eigenvalue weighted by Crippen LogP contribution is -2.07. The molecule has 3 rings (SSSR count). The zero-order chi connectivity index (χ0) is 14.1. The highest BCUT2D eigenvalue weighted by Crippen LogP contribution is 2.26. The third-order valence-corrected chi connectivity index (χ3v) is 3.51. The van der Waals surface area contributed by atoms with E-state index < -0.39 is 5.97 Å². The minimum atomic E-state index is -0.905. The Morgan fingerprint density at radius 1 is 1.05 bits per heavy atom. The van der Waals surface area contributed by atoms with Gasteiger partial charge >= 0.3 is 5.97 Å². The molecular formula is C16H16N2O2. The van der Waals surface area contributed by atoms with Crippen LogP contribution in [0.1, 0.15) is 21.5 Å². The largest absolute Gasteiger partial charge is 0.478 e. The molecule has 0 bridgehead atoms. The third kappa shape index (κ3) is 2.51. The molecule has 0 saturated carbocycles. The molecule has 20 heavy (non-hydrogen) atoms. The monoisotopic (exact) mass is 268 g/mol. The quantitative estimate of drug-likeness (QED) is 0.898. The van der Waals surface area contributed by atoms with Crippen molar-refractivity contribution in [2.75, 3.05) is 12.4 Å². The van der Waals surface area contributed by atoms with Crippen molar-refractivity contribution in [3.63, 3.8) is 0 Å². The zero-order valence-electron chi connectivity index (χ0n) is 11.3. The first-order valence-electron chi connectivity index (χ1n) is 6.52. The number of carbonyl (C=O) groups is 1. The van der Waals surface area contributed by atoms with Gasteiger partial charge in [0.2, 0.25) is 0 Å². The van der Waals surface area contributed by atoms with E-state index in [2.05, 4.69) is 35.5 Å². The number of hydrogen-bond donors (Lipinski definition) is 2. The molecular weight excluding hydrogens is 252 g/mol. The topological polar surface area (TPSA) is 52.6 Å². The Labute approximate surface area is 117 Å². The molecule has 0 saturated heterocycles. The summed E-state index contributed by atoms with van der Waals surface area (Å²) in [6.07, 6.45) is 0. The van der Waals surface area contributed by atoms with E-state index in [1.54, 1.807) is 24.3 Å². The Bertz CT molecular complexity index is 650. The Kier molecular flexibility index (Phi) is 3.16. The predicted octanol–water partition coefficient (Wildman–Crippen LogP) is 3.07. The van der Waals surface area contributed by atoms with Crippen LogP contribution in [0, 0.1) is 0 Å². The summed E-state index contributed by atoms with van der Waals surface area (Å²) < 4.78 is 0. The first-order valence-corrected chi connectivity index (χ1v) is 6.52. The molecule has 4 heteroatoms. The van der Waals surface area contributed by atoms with Crippen LogP contribution < -0.4 is 5.32 Å². The van der Waals surface area contributed by atoms with Crippen LogP contribution in [-0.4, -0.2) is 23.0 Å². The predicted molar refractivity (Wildman–Crippen MR) is 78.3 cm³/mol. The number of anilines is 2. The summed E-state index contributed by atoms with van der Waals surface area (Å²) in [5.41, 5.74) is 4.94. The second kappa shape index (κ2) is 4.98. The van der Waals surface area contributed by atoms with Gasteiger partial charge in [0.05, 0.1) is 5.56 Å². The van der Waals surface area contributed by atoms with E-state index >= 15 is 0 Å². The van der Waals surface area contributed by atoms with Crippen LogP contribution in [0.2, 0.25) is 0 Å². The SMILES string of the molecule is CN1Cc2ccc(Nc3ccc(C(=O)O)cc3)cc2C1. The molecule has 0 unspecified atom stereocenters. The molecule has 4 nitrogen and oxygen atoms in total. The summed E-state index contributed by atoms with van der Waals surface area (Å²) >= 11 is 0. The second-order valence-electron chi connectivity index (χ2n) is 5.16. The van der Waals surface area contributed by atoms with Gasteiger partial charge in [0.25, 0.3) is 0 Å². The lowest BCUT2D eigenvalue weighted by molar-refractivity contribution is 0.0697. The fourth-order valence-electron chi connectivity index (χ4n) is 2.51. The van der Waals surface area contributed by atoms with Crippen molar-refractivity contribution in [1.29, 1.82) is 0 Å². The van der Waals surface area contributed by atoms with Gasteiger partial charge in [-0.25, -0.2) is 4.79 Å². The average Bonchev–Trinajstić information content (AvgIpc) is 2.78. The summed E-state index contributed by atoms with van der Waals surface area (Å²) in [5, 5.41) is 12.2. The van der Waals surface area contributed by atoms with Crippen LogP contribution in [0.4, 0.5) is 11.4 Å². The van der Waals surface area contributed by atoms with Gasteiger partial charge in [-0.05, 0) is 54.6 Å². The molecule has 0 spiro atoms. The fourth-order valence-corrected chi connectivity index (χ4v) is 2.51. The Hall–Kier alpha value is -2.33. The maximum atomic E-state index is 10.8.